The van der Waals surface area contributed by atoms with E-state index in [0.29, 0.717) is 51.4 Å². The molecule has 0 aliphatic heterocycles. The Morgan fingerprint density at radius 3 is 1.75 bits per heavy atom. The number of aliphatic hydroxyl groups is 4. The molecule has 314 valence electrons. The summed E-state index contributed by atoms with van der Waals surface area (Å²) in [5.41, 5.74) is 0. The molecule has 0 amide bonds. The molecule has 18 unspecified atom stereocenters. The Hall–Kier alpha value is -1.63. The van der Waals surface area contributed by atoms with Crippen molar-refractivity contribution in [2.45, 2.75) is 173 Å². The second kappa shape index (κ2) is 16.9. The average Bonchev–Trinajstić information content (AvgIpc) is 3.09. The van der Waals surface area contributed by atoms with Crippen LogP contribution in [0.2, 0.25) is 0 Å². The van der Waals surface area contributed by atoms with E-state index in [-0.39, 0.29) is 67.9 Å². The van der Waals surface area contributed by atoms with Gasteiger partial charge in [-0.25, -0.2) is 0 Å². The van der Waals surface area contributed by atoms with Gasteiger partial charge in [-0.3, -0.25) is 13.7 Å². The molecule has 7 N–H and O–H groups in total. The summed E-state index contributed by atoms with van der Waals surface area (Å²) < 4.78 is 103. The number of fused-ring (bicyclic) bond motifs is 2. The Morgan fingerprint density at radius 1 is 0.473 bits per heavy atom. The summed E-state index contributed by atoms with van der Waals surface area (Å²) in [7, 11) is -13.7. The predicted octanol–water partition coefficient (Wildman–Crippen LogP) is 2.41. The van der Waals surface area contributed by atoms with Crippen LogP contribution in [0.5, 0.6) is 0 Å². The lowest BCUT2D eigenvalue weighted by Gasteiger charge is -2.45. The number of rotatable bonds is 9. The fraction of sp³-hybridized carbons (Fsp3) is 1.00. The minimum atomic E-state index is -4.65. The summed E-state index contributed by atoms with van der Waals surface area (Å²) in [4.78, 5) is 0. The summed E-state index contributed by atoms with van der Waals surface area (Å²) in [6.45, 7) is 1.90. The molecule has 18 atom stereocenters. The SMILES string of the molecule is CC1CC(N=NC2C(O)C3CCC(N=NC4CCC(O)CC4O)CC3CC2S(=O)(=O)O)C(O)CC1N=NC1CCC2CC(S(=O)(=O)O)CC(S(=O)(=O)O)C2C1. The lowest BCUT2D eigenvalue weighted by molar-refractivity contribution is -0.0103. The van der Waals surface area contributed by atoms with Gasteiger partial charge in [-0.1, -0.05) is 6.92 Å². The maximum atomic E-state index is 12.6. The van der Waals surface area contributed by atoms with Gasteiger partial charge in [-0.2, -0.15) is 55.9 Å². The maximum absolute atomic E-state index is 12.6. The standard InChI is InChI=1S/C33H56N6O13S3/c1-16-8-27(29(42)15-26(16)37-35-20-3-2-17-10-22(53(44,45)46)14-30(24(17)12-20)54(47,48)49)38-39-32-31(55(50,51)52)11-18-9-19(4-6-23(18)33(32)43)34-36-25-7-5-21(40)13-28(25)41/h16-33,40-43H,2-15H2,1H3,(H,44,45,46)(H,47,48,49)(H,50,51,52). The summed E-state index contributed by atoms with van der Waals surface area (Å²) in [6.07, 6.45) is 0.642. The molecule has 0 bridgehead atoms. The number of hydrogen-bond donors (Lipinski definition) is 7. The molecular formula is C33H56N6O13S3. The van der Waals surface area contributed by atoms with Crippen LogP contribution in [0.1, 0.15) is 96.8 Å². The maximum Gasteiger partial charge on any atom is 0.270 e. The van der Waals surface area contributed by atoms with Crippen molar-refractivity contribution in [3.8, 4) is 0 Å². The van der Waals surface area contributed by atoms with E-state index in [2.05, 4.69) is 30.7 Å². The zero-order valence-electron chi connectivity index (χ0n) is 30.8. The molecule has 0 aromatic rings. The molecule has 22 heteroatoms. The molecule has 19 nitrogen and oxygen atoms in total. The highest BCUT2D eigenvalue weighted by Gasteiger charge is 2.52. The van der Waals surface area contributed by atoms with E-state index in [9.17, 15) is 59.3 Å². The van der Waals surface area contributed by atoms with Crippen LogP contribution in [-0.4, -0.2) is 136 Å². The van der Waals surface area contributed by atoms with Crippen LogP contribution < -0.4 is 0 Å². The Morgan fingerprint density at radius 2 is 1.09 bits per heavy atom. The van der Waals surface area contributed by atoms with Crippen LogP contribution in [0.15, 0.2) is 30.7 Å². The predicted molar refractivity (Wildman–Crippen MR) is 195 cm³/mol. The molecule has 55 heavy (non-hydrogen) atoms. The van der Waals surface area contributed by atoms with Crippen molar-refractivity contribution in [1.29, 1.82) is 0 Å². The summed E-state index contributed by atoms with van der Waals surface area (Å²) in [6, 6.07) is -3.44. The van der Waals surface area contributed by atoms with Crippen molar-refractivity contribution in [3.63, 3.8) is 0 Å². The highest BCUT2D eigenvalue weighted by molar-refractivity contribution is 7.87. The van der Waals surface area contributed by atoms with Gasteiger partial charge >= 0.3 is 0 Å². The van der Waals surface area contributed by atoms with Crippen LogP contribution in [0, 0.1) is 29.6 Å². The van der Waals surface area contributed by atoms with E-state index in [1.807, 2.05) is 6.92 Å². The van der Waals surface area contributed by atoms with E-state index in [1.165, 1.54) is 0 Å². The van der Waals surface area contributed by atoms with E-state index >= 15 is 0 Å². The fourth-order valence-electron chi connectivity index (χ4n) is 10.4. The first kappa shape index (κ1) is 43.0. The Bertz CT molecular complexity index is 1790. The van der Waals surface area contributed by atoms with Crippen molar-refractivity contribution >= 4 is 30.4 Å². The third-order valence-corrected chi connectivity index (χ3v) is 17.3. The Labute approximate surface area is 322 Å². The van der Waals surface area contributed by atoms with Gasteiger partial charge in [0.25, 0.3) is 30.4 Å². The van der Waals surface area contributed by atoms with E-state index in [4.69, 9.17) is 0 Å². The van der Waals surface area contributed by atoms with Crippen molar-refractivity contribution in [3.05, 3.63) is 0 Å². The zero-order valence-corrected chi connectivity index (χ0v) is 33.2. The number of nitrogens with zero attached hydrogens (tertiary/aromatic N) is 6. The van der Waals surface area contributed by atoms with Crippen LogP contribution >= 0.6 is 0 Å². The topological polar surface area (TPSA) is 318 Å². The highest BCUT2D eigenvalue weighted by atomic mass is 32.2. The molecule has 0 aromatic heterocycles. The molecule has 0 aromatic carbocycles. The third-order valence-electron chi connectivity index (χ3n) is 13.5. The molecule has 0 heterocycles. The summed E-state index contributed by atoms with van der Waals surface area (Å²) in [5, 5.41) is 64.9. The van der Waals surface area contributed by atoms with E-state index in [0.717, 1.165) is 0 Å². The van der Waals surface area contributed by atoms with Gasteiger partial charge in [0, 0.05) is 6.42 Å². The largest absolute Gasteiger partial charge is 0.393 e. The van der Waals surface area contributed by atoms with Gasteiger partial charge in [0.15, 0.2) is 0 Å². The number of hydrogen-bond acceptors (Lipinski definition) is 16. The van der Waals surface area contributed by atoms with Crippen molar-refractivity contribution in [1.82, 2.24) is 0 Å². The minimum absolute atomic E-state index is 0.0372. The van der Waals surface area contributed by atoms with Gasteiger partial charge in [0.2, 0.25) is 0 Å². The van der Waals surface area contributed by atoms with Gasteiger partial charge in [0.05, 0.1) is 65.1 Å². The molecule has 0 spiro atoms. The van der Waals surface area contributed by atoms with Crippen LogP contribution in [0.3, 0.4) is 0 Å². The second-order valence-electron chi connectivity index (χ2n) is 17.2. The minimum Gasteiger partial charge on any atom is -0.393 e. The van der Waals surface area contributed by atoms with Crippen molar-refractivity contribution in [2.24, 2.45) is 60.3 Å². The lowest BCUT2D eigenvalue weighted by Crippen LogP contribution is -2.54. The van der Waals surface area contributed by atoms with Crippen LogP contribution in [0.25, 0.3) is 0 Å². The third kappa shape index (κ3) is 10.2. The highest BCUT2D eigenvalue weighted by Crippen LogP contribution is 2.47. The molecule has 6 aliphatic rings. The Kier molecular flexibility index (Phi) is 13.2. The number of aliphatic hydroxyl groups excluding tert-OH is 4. The smallest absolute Gasteiger partial charge is 0.270 e. The van der Waals surface area contributed by atoms with Gasteiger partial charge in [-0.15, -0.1) is 0 Å². The summed E-state index contributed by atoms with van der Waals surface area (Å²) >= 11 is 0. The van der Waals surface area contributed by atoms with E-state index < -0.39 is 107 Å². The first-order chi connectivity index (χ1) is 25.7. The van der Waals surface area contributed by atoms with Crippen LogP contribution in [0.4, 0.5) is 0 Å². The first-order valence-electron chi connectivity index (χ1n) is 19.5. The summed E-state index contributed by atoms with van der Waals surface area (Å²) in [5.74, 6) is -1.63. The monoisotopic (exact) mass is 840 g/mol. The number of azo groups is 3. The molecule has 0 saturated heterocycles. The first-order valence-corrected chi connectivity index (χ1v) is 24.0. The van der Waals surface area contributed by atoms with Crippen molar-refractivity contribution in [2.75, 3.05) is 0 Å². The normalized spacial score (nSPS) is 46.5. The molecule has 6 saturated carbocycles. The Balaban J connectivity index is 1.05. The zero-order chi connectivity index (χ0) is 40.0. The fourth-order valence-corrected chi connectivity index (χ4v) is 13.7. The van der Waals surface area contributed by atoms with Gasteiger partial charge in [-0.05, 0) is 113 Å². The van der Waals surface area contributed by atoms with Gasteiger partial charge in [0.1, 0.15) is 11.3 Å². The second-order valence-corrected chi connectivity index (χ2v) is 22.1. The quantitative estimate of drug-likeness (QED) is 0.130. The molecular weight excluding hydrogens is 785 g/mol. The van der Waals surface area contributed by atoms with Crippen molar-refractivity contribution < 1.29 is 59.3 Å². The molecule has 6 rings (SSSR count). The van der Waals surface area contributed by atoms with Crippen LogP contribution in [-0.2, 0) is 30.4 Å². The molecule has 6 aliphatic carbocycles. The lowest BCUT2D eigenvalue weighted by atomic mass is 9.66. The molecule has 6 fully saturated rings. The van der Waals surface area contributed by atoms with E-state index in [1.54, 1.807) is 0 Å². The van der Waals surface area contributed by atoms with Gasteiger partial charge < -0.3 is 20.4 Å². The average molecular weight is 841 g/mol. The molecule has 0 radical (unpaired) electrons.